The van der Waals surface area contributed by atoms with Gasteiger partial charge in [0.15, 0.2) is 11.1 Å². The average Bonchev–Trinajstić information content (AvgIpc) is 2.47. The molecule has 160 valence electrons. The second kappa shape index (κ2) is 8.26. The van der Waals surface area contributed by atoms with Crippen molar-refractivity contribution in [3.05, 3.63) is 0 Å². The van der Waals surface area contributed by atoms with Crippen molar-refractivity contribution in [3.63, 3.8) is 0 Å². The molecule has 0 spiro atoms. The predicted molar refractivity (Wildman–Crippen MR) is 85.5 cm³/mol. The highest BCUT2D eigenvalue weighted by Crippen LogP contribution is 2.49. The minimum atomic E-state index is -3.76. The van der Waals surface area contributed by atoms with Crippen molar-refractivity contribution in [1.82, 2.24) is 0 Å². The first-order valence-corrected chi connectivity index (χ1v) is 8.43. The fourth-order valence-electron chi connectivity index (χ4n) is 2.44. The van der Waals surface area contributed by atoms with Gasteiger partial charge in [0.05, 0.1) is 0 Å². The lowest BCUT2D eigenvalue weighted by molar-refractivity contribution is -0.509. The van der Waals surface area contributed by atoms with Crippen molar-refractivity contribution in [2.75, 3.05) is 0 Å². The van der Waals surface area contributed by atoms with Crippen LogP contribution in [0, 0.1) is 0 Å². The minimum absolute atomic E-state index is 0.733. The molecule has 4 N–H and O–H groups in total. The van der Waals surface area contributed by atoms with E-state index in [9.17, 15) is 39.6 Å². The van der Waals surface area contributed by atoms with E-state index >= 15 is 0 Å². The van der Waals surface area contributed by atoms with Crippen molar-refractivity contribution in [3.8, 4) is 0 Å². The Labute approximate surface area is 166 Å². The van der Waals surface area contributed by atoms with Gasteiger partial charge in [-0.2, -0.15) is 0 Å². The molecule has 6 atom stereocenters. The maximum atomic E-state index is 11.5. The third-order valence-corrected chi connectivity index (χ3v) is 4.20. The molecule has 1 rings (SSSR count). The fraction of sp³-hybridized carbons (Fsp3) is 0.714. The van der Waals surface area contributed by atoms with E-state index in [4.69, 9.17) is 4.74 Å². The van der Waals surface area contributed by atoms with Gasteiger partial charge in [-0.1, -0.05) is 15.9 Å². The molecule has 1 heterocycles. The van der Waals surface area contributed by atoms with Crippen LogP contribution in [-0.2, 0) is 42.9 Å². The van der Waals surface area contributed by atoms with Crippen molar-refractivity contribution in [2.45, 2.75) is 62.5 Å². The molecule has 0 bridgehead atoms. The summed E-state index contributed by atoms with van der Waals surface area (Å²) in [5.41, 5.74) is 0. The number of ether oxygens (including phenoxy) is 5. The molecule has 0 aromatic heterocycles. The van der Waals surface area contributed by atoms with Crippen molar-refractivity contribution in [1.29, 1.82) is 0 Å². The van der Waals surface area contributed by atoms with E-state index in [0.29, 0.717) is 0 Å². The smallest absolute Gasteiger partial charge is 0.350 e. The van der Waals surface area contributed by atoms with Crippen LogP contribution in [-0.4, -0.2) is 79.1 Å². The number of aliphatic hydroxyl groups is 4. The molecular weight excluding hydrogens is 456 g/mol. The zero-order valence-electron chi connectivity index (χ0n) is 15.1. The Balaban J connectivity index is 3.71. The van der Waals surface area contributed by atoms with Crippen molar-refractivity contribution in [2.24, 2.45) is 0 Å². The van der Waals surface area contributed by atoms with Gasteiger partial charge >= 0.3 is 41.2 Å². The summed E-state index contributed by atoms with van der Waals surface area (Å²) in [6, 6.07) is 0. The van der Waals surface area contributed by atoms with E-state index in [1.165, 1.54) is 0 Å². The second-order valence-corrected chi connectivity index (χ2v) is 6.52. The molecule has 0 aliphatic carbocycles. The molecule has 0 aromatic carbocycles. The summed E-state index contributed by atoms with van der Waals surface area (Å²) < 4.78 is 23.2. The number of halogens is 1. The van der Waals surface area contributed by atoms with E-state index in [2.05, 4.69) is 34.9 Å². The molecule has 0 radical (unpaired) electrons. The van der Waals surface area contributed by atoms with Crippen LogP contribution in [0.2, 0.25) is 0 Å². The summed E-state index contributed by atoms with van der Waals surface area (Å²) in [7, 11) is 0. The van der Waals surface area contributed by atoms with Crippen LogP contribution in [0.15, 0.2) is 0 Å². The quantitative estimate of drug-likeness (QED) is 0.144. The average molecular weight is 475 g/mol. The minimum Gasteiger partial charge on any atom is -0.433 e. The Morgan fingerprint density at radius 1 is 0.857 bits per heavy atom. The van der Waals surface area contributed by atoms with Crippen LogP contribution in [0.25, 0.3) is 0 Å². The highest BCUT2D eigenvalue weighted by molar-refractivity contribution is 9.09. The Kier molecular flexibility index (Phi) is 7.14. The molecule has 1 aliphatic rings. The van der Waals surface area contributed by atoms with Crippen LogP contribution >= 0.6 is 15.9 Å². The summed E-state index contributed by atoms with van der Waals surface area (Å²) in [6.07, 6.45) is -4.77. The Morgan fingerprint density at radius 3 is 1.68 bits per heavy atom. The standard InChI is InChI=1S/C14H19BrO13/c1-5(16)24-10(20)9-12(21,26-6(2)17)14(23,28-8(4)19)13(22,11(15)25-9)27-7(3)18/h9-11,20-23H,1-4H3/t9-,10?,11+,12+,13-,14-/m1/s1. The molecule has 28 heavy (non-hydrogen) atoms. The van der Waals surface area contributed by atoms with E-state index < -0.39 is 58.6 Å². The third kappa shape index (κ3) is 4.26. The van der Waals surface area contributed by atoms with E-state index in [1.807, 2.05) is 0 Å². The first-order valence-electron chi connectivity index (χ1n) is 7.51. The summed E-state index contributed by atoms with van der Waals surface area (Å²) in [4.78, 5) is 45.6. The van der Waals surface area contributed by atoms with Gasteiger partial charge in [-0.3, -0.25) is 19.2 Å². The number of rotatable bonds is 5. The predicted octanol–water partition coefficient (Wildman–Crippen LogP) is -2.26. The van der Waals surface area contributed by atoms with Crippen LogP contribution in [0.5, 0.6) is 0 Å². The number of hydrogen-bond donors (Lipinski definition) is 4. The Morgan fingerprint density at radius 2 is 1.29 bits per heavy atom. The molecule has 0 amide bonds. The fourth-order valence-corrected chi connectivity index (χ4v) is 3.08. The number of carbonyl (C=O) groups excluding carboxylic acids is 4. The van der Waals surface area contributed by atoms with Crippen LogP contribution in [0.4, 0.5) is 0 Å². The number of carbonyl (C=O) groups is 4. The summed E-state index contributed by atoms with van der Waals surface area (Å²) in [5, 5.41) is 40.6. The zero-order valence-corrected chi connectivity index (χ0v) is 16.7. The van der Waals surface area contributed by atoms with E-state index in [0.717, 1.165) is 27.7 Å². The van der Waals surface area contributed by atoms with Crippen molar-refractivity contribution < 1.29 is 63.3 Å². The maximum Gasteiger partial charge on any atom is 0.350 e. The van der Waals surface area contributed by atoms with Crippen LogP contribution in [0.1, 0.15) is 27.7 Å². The molecule has 0 aromatic rings. The molecule has 1 unspecified atom stereocenters. The van der Waals surface area contributed by atoms with Gasteiger partial charge in [-0.05, 0) is 0 Å². The molecular formula is C14H19BrO13. The lowest BCUT2D eigenvalue weighted by Crippen LogP contribution is -2.83. The zero-order chi connectivity index (χ0) is 22.1. The number of hydrogen-bond acceptors (Lipinski definition) is 13. The Hall–Kier alpha value is -1.84. The van der Waals surface area contributed by atoms with Gasteiger partial charge < -0.3 is 44.1 Å². The lowest BCUT2D eigenvalue weighted by Gasteiger charge is -2.55. The lowest BCUT2D eigenvalue weighted by atomic mass is 9.87. The SMILES string of the molecule is CC(=O)OC(O)[C@H]1O[C@H](Br)[C@@](O)(OC(C)=O)[C@](O)(OC(C)=O)[C@@]1(O)OC(C)=O. The topological polar surface area (TPSA) is 195 Å². The van der Waals surface area contributed by atoms with E-state index in [1.54, 1.807) is 0 Å². The monoisotopic (exact) mass is 474 g/mol. The van der Waals surface area contributed by atoms with Gasteiger partial charge in [0.25, 0.3) is 0 Å². The highest BCUT2D eigenvalue weighted by atomic mass is 79.9. The molecule has 14 heteroatoms. The molecule has 1 fully saturated rings. The van der Waals surface area contributed by atoms with Gasteiger partial charge in [0, 0.05) is 27.7 Å². The van der Waals surface area contributed by atoms with Gasteiger partial charge in [-0.25, -0.2) is 0 Å². The number of esters is 4. The van der Waals surface area contributed by atoms with Gasteiger partial charge in [0.2, 0.25) is 6.29 Å². The van der Waals surface area contributed by atoms with Crippen LogP contribution in [0.3, 0.4) is 0 Å². The summed E-state index contributed by atoms with van der Waals surface area (Å²) in [5.74, 6) is -15.8. The molecule has 0 saturated carbocycles. The number of alkyl halides is 1. The first kappa shape index (κ1) is 24.2. The van der Waals surface area contributed by atoms with E-state index in [-0.39, 0.29) is 0 Å². The highest BCUT2D eigenvalue weighted by Gasteiger charge is 2.81. The first-order chi connectivity index (χ1) is 12.6. The third-order valence-electron chi connectivity index (χ3n) is 3.37. The summed E-state index contributed by atoms with van der Waals surface area (Å²) >= 11 is 2.69. The van der Waals surface area contributed by atoms with Gasteiger partial charge in [0.1, 0.15) is 0 Å². The second-order valence-electron chi connectivity index (χ2n) is 5.69. The Bertz CT molecular complexity index is 668. The normalized spacial score (nSPS) is 36.0. The molecule has 1 aliphatic heterocycles. The van der Waals surface area contributed by atoms with Gasteiger partial charge in [-0.15, -0.1) is 0 Å². The van der Waals surface area contributed by atoms with Crippen LogP contribution < -0.4 is 0 Å². The maximum absolute atomic E-state index is 11.5. The number of aliphatic hydroxyl groups excluding tert-OH is 1. The largest absolute Gasteiger partial charge is 0.433 e. The van der Waals surface area contributed by atoms with Crippen molar-refractivity contribution >= 4 is 39.8 Å². The molecule has 13 nitrogen and oxygen atoms in total. The molecule has 1 saturated heterocycles. The summed E-state index contributed by atoms with van der Waals surface area (Å²) in [6.45, 7) is 3.13.